The Bertz CT molecular complexity index is 1740. The Hall–Kier alpha value is -6.04. The lowest BCUT2D eigenvalue weighted by molar-refractivity contribution is -0.138. The van der Waals surface area contributed by atoms with E-state index in [9.17, 15) is 29.4 Å². The van der Waals surface area contributed by atoms with Crippen molar-refractivity contribution in [2.24, 2.45) is 11.8 Å². The van der Waals surface area contributed by atoms with Gasteiger partial charge in [0, 0.05) is 11.8 Å². The minimum atomic E-state index is -1.24. The summed E-state index contributed by atoms with van der Waals surface area (Å²) in [5.74, 6) is -5.37. The Morgan fingerprint density at radius 1 is 0.521 bits per heavy atom. The number of para-hydroxylation sites is 2. The van der Waals surface area contributed by atoms with Crippen molar-refractivity contribution in [2.75, 3.05) is 39.1 Å². The highest BCUT2D eigenvalue weighted by Crippen LogP contribution is 2.59. The van der Waals surface area contributed by atoms with Gasteiger partial charge in [-0.25, -0.2) is 9.59 Å². The highest BCUT2D eigenvalue weighted by molar-refractivity contribution is 6.07. The molecule has 4 atom stereocenters. The van der Waals surface area contributed by atoms with Crippen molar-refractivity contribution >= 4 is 35.1 Å². The quantitative estimate of drug-likeness (QED) is 0.153. The molecular weight excluding hydrogens is 620 g/mol. The first-order chi connectivity index (χ1) is 23.1. The molecule has 12 heteroatoms. The molecule has 12 nitrogen and oxygen atoms in total. The molecule has 0 saturated heterocycles. The van der Waals surface area contributed by atoms with Crippen molar-refractivity contribution in [3.63, 3.8) is 0 Å². The molecule has 0 aliphatic heterocycles. The average Bonchev–Trinajstić information content (AvgIpc) is 3.07. The molecule has 1 aliphatic rings. The highest BCUT2D eigenvalue weighted by Gasteiger charge is 2.58. The highest BCUT2D eigenvalue weighted by atomic mass is 16.5. The molecule has 4 aromatic carbocycles. The molecule has 1 fully saturated rings. The Morgan fingerprint density at radius 2 is 0.875 bits per heavy atom. The number of hydrogen-bond acceptors (Lipinski definition) is 8. The van der Waals surface area contributed by atoms with Gasteiger partial charge in [0.1, 0.15) is 0 Å². The number of carboxylic acids is 2. The monoisotopic (exact) mass is 654 g/mol. The zero-order valence-electron chi connectivity index (χ0n) is 26.6. The fraction of sp³-hybridized carbons (Fsp3) is 0.222. The van der Waals surface area contributed by atoms with Gasteiger partial charge in [-0.2, -0.15) is 0 Å². The summed E-state index contributed by atoms with van der Waals surface area (Å²) in [7, 11) is 5.96. The normalized spacial score (nSPS) is 18.1. The maximum absolute atomic E-state index is 14.3. The molecule has 0 heterocycles. The number of amides is 2. The molecule has 1 aliphatic carbocycles. The third-order valence-electron chi connectivity index (χ3n) is 8.57. The maximum Gasteiger partial charge on any atom is 0.337 e. The van der Waals surface area contributed by atoms with Gasteiger partial charge in [0.2, 0.25) is 11.8 Å². The molecule has 5 rings (SSSR count). The van der Waals surface area contributed by atoms with Crippen LogP contribution in [0.25, 0.3) is 0 Å². The van der Waals surface area contributed by atoms with E-state index in [-0.39, 0.29) is 22.5 Å². The molecule has 0 bridgehead atoms. The molecule has 48 heavy (non-hydrogen) atoms. The summed E-state index contributed by atoms with van der Waals surface area (Å²) in [6.07, 6.45) is 0. The number of anilines is 2. The summed E-state index contributed by atoms with van der Waals surface area (Å²) in [5, 5.41) is 25.0. The zero-order chi connectivity index (χ0) is 34.5. The lowest BCUT2D eigenvalue weighted by atomic mass is 9.51. The summed E-state index contributed by atoms with van der Waals surface area (Å²) in [5.41, 5.74) is 1.17. The largest absolute Gasteiger partial charge is 0.493 e. The summed E-state index contributed by atoms with van der Waals surface area (Å²) in [6.45, 7) is 0. The lowest BCUT2D eigenvalue weighted by Crippen LogP contribution is -2.54. The number of methoxy groups -OCH3 is 4. The van der Waals surface area contributed by atoms with E-state index in [0.29, 0.717) is 34.1 Å². The van der Waals surface area contributed by atoms with Gasteiger partial charge in [-0.1, -0.05) is 36.4 Å². The van der Waals surface area contributed by atoms with E-state index in [2.05, 4.69) is 10.6 Å². The average molecular weight is 655 g/mol. The molecule has 0 aromatic heterocycles. The molecule has 2 amide bonds. The van der Waals surface area contributed by atoms with Gasteiger partial charge in [0.05, 0.1) is 62.8 Å². The van der Waals surface area contributed by atoms with Crippen LogP contribution >= 0.6 is 0 Å². The van der Waals surface area contributed by atoms with Gasteiger partial charge < -0.3 is 39.8 Å². The molecule has 0 radical (unpaired) electrons. The second-order valence-electron chi connectivity index (χ2n) is 11.0. The van der Waals surface area contributed by atoms with Crippen LogP contribution in [0.3, 0.4) is 0 Å². The Kier molecular flexibility index (Phi) is 9.83. The Balaban J connectivity index is 1.67. The number of carboxylic acid groups (broad SMARTS) is 2. The van der Waals surface area contributed by atoms with Crippen molar-refractivity contribution in [2.45, 2.75) is 11.8 Å². The maximum atomic E-state index is 14.3. The Morgan fingerprint density at radius 3 is 1.21 bits per heavy atom. The number of nitrogens with one attached hydrogen (secondary N) is 2. The molecular formula is C36H34N2O10. The fourth-order valence-electron chi connectivity index (χ4n) is 6.34. The zero-order valence-corrected chi connectivity index (χ0v) is 26.6. The molecule has 248 valence electrons. The van der Waals surface area contributed by atoms with Gasteiger partial charge in [0.15, 0.2) is 23.0 Å². The van der Waals surface area contributed by atoms with Gasteiger partial charge in [-0.05, 0) is 59.7 Å². The fourth-order valence-corrected chi connectivity index (χ4v) is 6.34. The number of carbonyl (C=O) groups is 4. The van der Waals surface area contributed by atoms with Gasteiger partial charge in [-0.3, -0.25) is 9.59 Å². The summed E-state index contributed by atoms with van der Waals surface area (Å²) in [6, 6.07) is 22.3. The molecule has 0 spiro atoms. The lowest BCUT2D eigenvalue weighted by Gasteiger charge is -2.51. The Labute approximate surface area is 276 Å². The van der Waals surface area contributed by atoms with Crippen molar-refractivity contribution in [3.05, 3.63) is 107 Å². The van der Waals surface area contributed by atoms with Crippen molar-refractivity contribution in [3.8, 4) is 23.0 Å². The first-order valence-electron chi connectivity index (χ1n) is 14.8. The number of ether oxygens (including phenoxy) is 4. The second kappa shape index (κ2) is 14.2. The first kappa shape index (κ1) is 33.3. The predicted octanol–water partition coefficient (Wildman–Crippen LogP) is 5.51. The van der Waals surface area contributed by atoms with Crippen LogP contribution in [-0.4, -0.2) is 62.4 Å². The smallest absolute Gasteiger partial charge is 0.337 e. The van der Waals surface area contributed by atoms with E-state index in [1.54, 1.807) is 48.5 Å². The SMILES string of the molecule is COc1ccc([C@@H]2[C@@H](C(=O)Nc3ccccc3C(=O)O)[C@H](C(=O)Nc3ccccc3C(=O)O)[C@H]2c2ccc(OC)c(OC)c2)cc1OC. The van der Waals surface area contributed by atoms with Crippen LogP contribution in [0, 0.1) is 11.8 Å². The summed E-state index contributed by atoms with van der Waals surface area (Å²) < 4.78 is 22.0. The van der Waals surface area contributed by atoms with E-state index in [1.807, 2.05) is 0 Å². The van der Waals surface area contributed by atoms with E-state index < -0.39 is 47.4 Å². The minimum absolute atomic E-state index is 0.0611. The predicted molar refractivity (Wildman–Crippen MR) is 176 cm³/mol. The van der Waals surface area contributed by atoms with Crippen LogP contribution in [-0.2, 0) is 9.59 Å². The van der Waals surface area contributed by atoms with Crippen molar-refractivity contribution in [1.82, 2.24) is 0 Å². The molecule has 4 N–H and O–H groups in total. The van der Waals surface area contributed by atoms with Crippen LogP contribution in [0.4, 0.5) is 11.4 Å². The van der Waals surface area contributed by atoms with E-state index in [1.165, 1.54) is 64.8 Å². The third-order valence-corrected chi connectivity index (χ3v) is 8.57. The molecule has 1 saturated carbocycles. The van der Waals surface area contributed by atoms with E-state index >= 15 is 0 Å². The second-order valence-corrected chi connectivity index (χ2v) is 11.0. The van der Waals surface area contributed by atoms with Crippen LogP contribution in [0.5, 0.6) is 23.0 Å². The van der Waals surface area contributed by atoms with Gasteiger partial charge in [-0.15, -0.1) is 0 Å². The molecule has 4 aromatic rings. The topological polar surface area (TPSA) is 170 Å². The van der Waals surface area contributed by atoms with Crippen molar-refractivity contribution in [1.29, 1.82) is 0 Å². The number of aromatic carboxylic acids is 2. The molecule has 0 unspecified atom stereocenters. The third kappa shape index (κ3) is 6.32. The number of benzene rings is 4. The van der Waals surface area contributed by atoms with Crippen LogP contribution in [0.2, 0.25) is 0 Å². The van der Waals surface area contributed by atoms with Gasteiger partial charge in [0.25, 0.3) is 0 Å². The van der Waals surface area contributed by atoms with Crippen molar-refractivity contribution < 1.29 is 48.3 Å². The number of rotatable bonds is 12. The summed E-state index contributed by atoms with van der Waals surface area (Å²) in [4.78, 5) is 52.5. The first-order valence-corrected chi connectivity index (χ1v) is 14.8. The number of carbonyl (C=O) groups excluding carboxylic acids is 2. The van der Waals surface area contributed by atoms with Crippen LogP contribution in [0.15, 0.2) is 84.9 Å². The standard InChI is InChI=1S/C36H34N2O10/c1-45-25-15-13-19(17-27(25)47-3)29-30(20-14-16-26(46-2)28(18-20)48-4)32(34(40)38-24-12-8-6-10-22(24)36(43)44)31(29)33(39)37-23-11-7-5-9-21(23)35(41)42/h5-18,29-32H,1-4H3,(H,37,39)(H,38,40)(H,41,42)(H,43,44)/t29-,30-,31+,32+/m0/s1. The van der Waals surface area contributed by atoms with Crippen LogP contribution in [0.1, 0.15) is 43.7 Å². The van der Waals surface area contributed by atoms with E-state index in [4.69, 9.17) is 18.9 Å². The van der Waals surface area contributed by atoms with E-state index in [0.717, 1.165) is 0 Å². The van der Waals surface area contributed by atoms with Crippen LogP contribution < -0.4 is 29.6 Å². The number of hydrogen-bond donors (Lipinski definition) is 4. The minimum Gasteiger partial charge on any atom is -0.493 e. The summed E-state index contributed by atoms with van der Waals surface area (Å²) >= 11 is 0. The van der Waals surface area contributed by atoms with Gasteiger partial charge >= 0.3 is 11.9 Å².